The van der Waals surface area contributed by atoms with E-state index in [1.54, 1.807) is 6.07 Å². The molecule has 1 saturated heterocycles. The highest BCUT2D eigenvalue weighted by atomic mass is 32.2. The average molecular weight is 430 g/mol. The molecule has 0 bridgehead atoms. The zero-order chi connectivity index (χ0) is 21.7. The number of rotatable bonds is 7. The molecule has 3 N–H and O–H groups in total. The second-order valence-corrected chi connectivity index (χ2v) is 7.55. The lowest BCUT2D eigenvalue weighted by Crippen LogP contribution is -2.34. The molecule has 2 aromatic carbocycles. The summed E-state index contributed by atoms with van der Waals surface area (Å²) in [4.78, 5) is 37.8. The van der Waals surface area contributed by atoms with Crippen LogP contribution < -0.4 is 5.32 Å². The number of nitrogens with one attached hydrogen (secondary N) is 1. The highest BCUT2D eigenvalue weighted by molar-refractivity contribution is 8.18. The van der Waals surface area contributed by atoms with Crippen molar-refractivity contribution in [2.75, 3.05) is 13.1 Å². The molecule has 1 heterocycles. The second-order valence-electron chi connectivity index (χ2n) is 6.56. The van der Waals surface area contributed by atoms with Crippen molar-refractivity contribution in [1.82, 2.24) is 10.2 Å². The largest absolute Gasteiger partial charge is 0.504 e. The number of halogens is 1. The summed E-state index contributed by atoms with van der Waals surface area (Å²) in [5, 5.41) is 21.0. The minimum Gasteiger partial charge on any atom is -0.504 e. The maximum absolute atomic E-state index is 13.0. The summed E-state index contributed by atoms with van der Waals surface area (Å²) in [7, 11) is 0. The summed E-state index contributed by atoms with van der Waals surface area (Å²) in [6.45, 7) is 0.257. The highest BCUT2D eigenvalue weighted by Gasteiger charge is 2.34. The summed E-state index contributed by atoms with van der Waals surface area (Å²) < 4.78 is 13.0. The fraction of sp³-hybridized carbons (Fsp3) is 0.190. The number of imide groups is 1. The van der Waals surface area contributed by atoms with Gasteiger partial charge in [-0.15, -0.1) is 0 Å². The molecular weight excluding hydrogens is 411 g/mol. The standard InChI is InChI=1S/C21H19FN2O5S/c22-15-4-1-13(2-5-15)12-18-20(28)24(21(29)30-18)10-8-19(27)23-9-7-14-3-6-16(25)17(26)11-14/h1-6,11-12,25-26H,7-10H2,(H,23,27). The fourth-order valence-corrected chi connectivity index (χ4v) is 3.64. The molecule has 3 amide bonds. The molecule has 0 spiro atoms. The van der Waals surface area contributed by atoms with Crippen molar-refractivity contribution < 1.29 is 29.0 Å². The topological polar surface area (TPSA) is 107 Å². The molecule has 0 saturated carbocycles. The lowest BCUT2D eigenvalue weighted by molar-refractivity contribution is -0.124. The van der Waals surface area contributed by atoms with Gasteiger partial charge in [0, 0.05) is 19.5 Å². The Morgan fingerprint density at radius 3 is 2.53 bits per heavy atom. The molecule has 1 fully saturated rings. The van der Waals surface area contributed by atoms with E-state index in [0.29, 0.717) is 18.5 Å². The number of amides is 3. The van der Waals surface area contributed by atoms with Crippen molar-refractivity contribution in [2.24, 2.45) is 0 Å². The van der Waals surface area contributed by atoms with Crippen molar-refractivity contribution in [3.05, 3.63) is 64.3 Å². The molecule has 0 atom stereocenters. The van der Waals surface area contributed by atoms with Crippen molar-refractivity contribution in [2.45, 2.75) is 12.8 Å². The van der Waals surface area contributed by atoms with Crippen LogP contribution in [0.3, 0.4) is 0 Å². The monoisotopic (exact) mass is 430 g/mol. The van der Waals surface area contributed by atoms with E-state index in [9.17, 15) is 29.0 Å². The number of nitrogens with zero attached hydrogens (tertiary/aromatic N) is 1. The summed E-state index contributed by atoms with van der Waals surface area (Å²) in [6.07, 6.45) is 1.92. The van der Waals surface area contributed by atoms with Gasteiger partial charge in [0.15, 0.2) is 11.5 Å². The number of carbonyl (C=O) groups excluding carboxylic acids is 3. The van der Waals surface area contributed by atoms with Crippen LogP contribution in [0.25, 0.3) is 6.08 Å². The van der Waals surface area contributed by atoms with Crippen LogP contribution in [0.4, 0.5) is 9.18 Å². The number of hydrogen-bond acceptors (Lipinski definition) is 6. The molecule has 0 aromatic heterocycles. The minimum absolute atomic E-state index is 0.0390. The molecule has 1 aliphatic rings. The maximum atomic E-state index is 13.0. The lowest BCUT2D eigenvalue weighted by atomic mass is 10.1. The Morgan fingerprint density at radius 2 is 1.83 bits per heavy atom. The SMILES string of the molecule is O=C(CCN1C(=O)SC(=Cc2ccc(F)cc2)C1=O)NCCc1ccc(O)c(O)c1. The molecule has 0 unspecified atom stereocenters. The Balaban J connectivity index is 1.48. The van der Waals surface area contributed by atoms with Gasteiger partial charge in [0.2, 0.25) is 5.91 Å². The minimum atomic E-state index is -0.485. The zero-order valence-electron chi connectivity index (χ0n) is 15.8. The van der Waals surface area contributed by atoms with Crippen molar-refractivity contribution in [1.29, 1.82) is 0 Å². The number of carbonyl (C=O) groups is 3. The van der Waals surface area contributed by atoms with Crippen LogP contribution >= 0.6 is 11.8 Å². The van der Waals surface area contributed by atoms with Gasteiger partial charge in [-0.2, -0.15) is 0 Å². The molecule has 0 aliphatic carbocycles. The molecule has 30 heavy (non-hydrogen) atoms. The number of hydrogen-bond donors (Lipinski definition) is 3. The molecule has 7 nitrogen and oxygen atoms in total. The van der Waals surface area contributed by atoms with Crippen LogP contribution in [0.2, 0.25) is 0 Å². The summed E-state index contributed by atoms with van der Waals surface area (Å²) >= 11 is 0.779. The van der Waals surface area contributed by atoms with Crippen LogP contribution in [0.1, 0.15) is 17.5 Å². The Bertz CT molecular complexity index is 1010. The van der Waals surface area contributed by atoms with Crippen LogP contribution in [0, 0.1) is 5.82 Å². The van der Waals surface area contributed by atoms with E-state index >= 15 is 0 Å². The Hall–Kier alpha value is -3.33. The van der Waals surface area contributed by atoms with E-state index < -0.39 is 17.0 Å². The van der Waals surface area contributed by atoms with Gasteiger partial charge >= 0.3 is 0 Å². The van der Waals surface area contributed by atoms with Crippen LogP contribution in [-0.2, 0) is 16.0 Å². The van der Waals surface area contributed by atoms with Crippen molar-refractivity contribution in [3.63, 3.8) is 0 Å². The Kier molecular flexibility index (Phi) is 6.73. The van der Waals surface area contributed by atoms with E-state index in [1.807, 2.05) is 0 Å². The van der Waals surface area contributed by atoms with E-state index in [0.717, 1.165) is 22.2 Å². The predicted octanol–water partition coefficient (Wildman–Crippen LogP) is 3.02. The number of aromatic hydroxyl groups is 2. The molecule has 0 radical (unpaired) electrons. The zero-order valence-corrected chi connectivity index (χ0v) is 16.6. The van der Waals surface area contributed by atoms with E-state index in [-0.39, 0.29) is 35.3 Å². The van der Waals surface area contributed by atoms with Crippen molar-refractivity contribution in [3.8, 4) is 11.5 Å². The third kappa shape index (κ3) is 5.38. The molecular formula is C21H19FN2O5S. The lowest BCUT2D eigenvalue weighted by Gasteiger charge is -2.12. The van der Waals surface area contributed by atoms with Gasteiger partial charge in [-0.05, 0) is 59.7 Å². The van der Waals surface area contributed by atoms with Crippen LogP contribution in [-0.4, -0.2) is 45.3 Å². The summed E-state index contributed by atoms with van der Waals surface area (Å²) in [5.74, 6) is -1.64. The van der Waals surface area contributed by atoms with E-state index in [2.05, 4.69) is 5.32 Å². The van der Waals surface area contributed by atoms with E-state index in [4.69, 9.17) is 0 Å². The molecule has 2 aromatic rings. The number of benzene rings is 2. The molecule has 1 aliphatic heterocycles. The molecule has 9 heteroatoms. The van der Waals surface area contributed by atoms with Crippen LogP contribution in [0.5, 0.6) is 11.5 Å². The number of phenols is 2. The molecule has 3 rings (SSSR count). The molecule has 156 valence electrons. The Labute approximate surface area is 176 Å². The third-order valence-corrected chi connectivity index (χ3v) is 5.29. The van der Waals surface area contributed by atoms with E-state index in [1.165, 1.54) is 42.5 Å². The average Bonchev–Trinajstić information content (AvgIpc) is 2.97. The first-order valence-electron chi connectivity index (χ1n) is 9.12. The maximum Gasteiger partial charge on any atom is 0.293 e. The fourth-order valence-electron chi connectivity index (χ4n) is 2.78. The normalized spacial score (nSPS) is 15.1. The van der Waals surface area contributed by atoms with Gasteiger partial charge in [-0.1, -0.05) is 18.2 Å². The van der Waals surface area contributed by atoms with Gasteiger partial charge in [0.1, 0.15) is 5.82 Å². The Morgan fingerprint density at radius 1 is 1.10 bits per heavy atom. The van der Waals surface area contributed by atoms with Gasteiger partial charge in [0.05, 0.1) is 4.91 Å². The first-order chi connectivity index (χ1) is 14.3. The quantitative estimate of drug-likeness (QED) is 0.461. The van der Waals surface area contributed by atoms with Crippen LogP contribution in [0.15, 0.2) is 47.4 Å². The number of phenolic OH excluding ortho intramolecular Hbond substituents is 2. The third-order valence-electron chi connectivity index (χ3n) is 4.38. The van der Waals surface area contributed by atoms with Gasteiger partial charge in [-0.3, -0.25) is 19.3 Å². The number of thioether (sulfide) groups is 1. The smallest absolute Gasteiger partial charge is 0.293 e. The van der Waals surface area contributed by atoms with Crippen molar-refractivity contribution >= 4 is 34.9 Å². The first-order valence-corrected chi connectivity index (χ1v) is 9.93. The van der Waals surface area contributed by atoms with Gasteiger partial charge < -0.3 is 15.5 Å². The van der Waals surface area contributed by atoms with Gasteiger partial charge in [0.25, 0.3) is 11.1 Å². The highest BCUT2D eigenvalue weighted by Crippen LogP contribution is 2.32. The first kappa shape index (κ1) is 21.4. The summed E-state index contributed by atoms with van der Waals surface area (Å²) in [5.41, 5.74) is 1.34. The summed E-state index contributed by atoms with van der Waals surface area (Å²) in [6, 6.07) is 9.95. The second kappa shape index (κ2) is 9.45. The predicted molar refractivity (Wildman–Crippen MR) is 110 cm³/mol. The van der Waals surface area contributed by atoms with Gasteiger partial charge in [-0.25, -0.2) is 4.39 Å².